The van der Waals surface area contributed by atoms with Crippen molar-refractivity contribution in [2.75, 3.05) is 7.11 Å². The molecule has 0 atom stereocenters. The molecular weight excluding hydrogens is 360 g/mol. The highest BCUT2D eigenvalue weighted by molar-refractivity contribution is 6.31. The van der Waals surface area contributed by atoms with Gasteiger partial charge in [0, 0.05) is 5.02 Å². The topological polar surface area (TPSA) is 42.8 Å². The van der Waals surface area contributed by atoms with Crippen LogP contribution in [0.4, 0.5) is 0 Å². The van der Waals surface area contributed by atoms with Crippen molar-refractivity contribution >= 4 is 17.8 Å². The molecule has 0 saturated heterocycles. The summed E-state index contributed by atoms with van der Waals surface area (Å²) in [5.41, 5.74) is 6.01. The average molecular weight is 381 g/mol. The second kappa shape index (κ2) is 9.64. The summed E-state index contributed by atoms with van der Waals surface area (Å²) in [6.45, 7) is 1.05. The normalized spacial score (nSPS) is 10.7. The van der Waals surface area contributed by atoms with E-state index in [1.54, 1.807) is 13.3 Å². The van der Waals surface area contributed by atoms with Crippen LogP contribution in [0, 0.1) is 0 Å². The van der Waals surface area contributed by atoms with Crippen LogP contribution in [0.15, 0.2) is 77.9 Å². The van der Waals surface area contributed by atoms with E-state index in [2.05, 4.69) is 10.5 Å². The summed E-state index contributed by atoms with van der Waals surface area (Å²) >= 11 is 6.13. The number of ether oxygens (including phenoxy) is 2. The molecule has 1 N–H and O–H groups in total. The Hall–Kier alpha value is -2.98. The maximum atomic E-state index is 6.13. The lowest BCUT2D eigenvalue weighted by Crippen LogP contribution is -2.06. The first-order chi connectivity index (χ1) is 13.3. The molecule has 0 amide bonds. The quantitative estimate of drug-likeness (QED) is 0.439. The molecule has 0 spiro atoms. The Morgan fingerprint density at radius 3 is 2.52 bits per heavy atom. The van der Waals surface area contributed by atoms with E-state index in [0.29, 0.717) is 24.7 Å². The molecule has 0 bridgehead atoms. The number of nitrogens with zero attached hydrogens (tertiary/aromatic N) is 1. The standard InChI is InChI=1S/C22H21ClN2O2/c1-26-22-13-18(14-24-25-15-19-9-5-6-10-20(19)23)11-12-21(22)27-16-17-7-3-2-4-8-17/h2-14,25H,15-16H2,1H3/b24-14-. The number of rotatable bonds is 8. The third-order valence-corrected chi connectivity index (χ3v) is 4.33. The second-order valence-corrected chi connectivity index (χ2v) is 6.28. The predicted octanol–water partition coefficient (Wildman–Crippen LogP) is 5.05. The third kappa shape index (κ3) is 5.50. The van der Waals surface area contributed by atoms with Crippen LogP contribution in [0.1, 0.15) is 16.7 Å². The van der Waals surface area contributed by atoms with Gasteiger partial charge in [0.05, 0.1) is 19.9 Å². The molecule has 4 nitrogen and oxygen atoms in total. The minimum absolute atomic E-state index is 0.490. The first-order valence-corrected chi connectivity index (χ1v) is 8.98. The van der Waals surface area contributed by atoms with Crippen LogP contribution < -0.4 is 14.9 Å². The summed E-state index contributed by atoms with van der Waals surface area (Å²) in [5, 5.41) is 4.97. The van der Waals surface area contributed by atoms with Gasteiger partial charge in [-0.15, -0.1) is 0 Å². The van der Waals surface area contributed by atoms with Crippen molar-refractivity contribution < 1.29 is 9.47 Å². The van der Waals surface area contributed by atoms with Gasteiger partial charge in [-0.2, -0.15) is 5.10 Å². The molecule has 0 aliphatic heterocycles. The zero-order valence-corrected chi connectivity index (χ0v) is 15.8. The van der Waals surface area contributed by atoms with Gasteiger partial charge in [0.25, 0.3) is 0 Å². The predicted molar refractivity (Wildman–Crippen MR) is 110 cm³/mol. The van der Waals surface area contributed by atoms with Crippen LogP contribution >= 0.6 is 11.6 Å². The lowest BCUT2D eigenvalue weighted by molar-refractivity contribution is 0.284. The Balaban J connectivity index is 1.59. The van der Waals surface area contributed by atoms with Gasteiger partial charge in [-0.05, 0) is 41.0 Å². The molecule has 0 radical (unpaired) electrons. The van der Waals surface area contributed by atoms with Crippen molar-refractivity contribution in [2.24, 2.45) is 5.10 Å². The fourth-order valence-corrected chi connectivity index (χ4v) is 2.71. The highest BCUT2D eigenvalue weighted by atomic mass is 35.5. The maximum Gasteiger partial charge on any atom is 0.161 e. The van der Waals surface area contributed by atoms with E-state index in [-0.39, 0.29) is 0 Å². The number of hydrogen-bond donors (Lipinski definition) is 1. The van der Waals surface area contributed by atoms with Crippen molar-refractivity contribution in [3.05, 3.63) is 94.5 Å². The van der Waals surface area contributed by atoms with E-state index >= 15 is 0 Å². The fraction of sp³-hybridized carbons (Fsp3) is 0.136. The van der Waals surface area contributed by atoms with Crippen LogP contribution in [0.25, 0.3) is 0 Å². The summed E-state index contributed by atoms with van der Waals surface area (Å²) in [6.07, 6.45) is 1.74. The first-order valence-electron chi connectivity index (χ1n) is 8.60. The van der Waals surface area contributed by atoms with Gasteiger partial charge in [0.2, 0.25) is 0 Å². The molecule has 0 unspecified atom stereocenters. The maximum absolute atomic E-state index is 6.13. The Morgan fingerprint density at radius 2 is 1.74 bits per heavy atom. The third-order valence-electron chi connectivity index (χ3n) is 3.96. The van der Waals surface area contributed by atoms with Crippen LogP contribution in [0.2, 0.25) is 5.02 Å². The molecule has 0 aromatic heterocycles. The molecule has 0 saturated carbocycles. The second-order valence-electron chi connectivity index (χ2n) is 5.87. The van der Waals surface area contributed by atoms with E-state index in [9.17, 15) is 0 Å². The van der Waals surface area contributed by atoms with Crippen LogP contribution in [-0.2, 0) is 13.2 Å². The number of methoxy groups -OCH3 is 1. The van der Waals surface area contributed by atoms with E-state index < -0.39 is 0 Å². The zero-order valence-electron chi connectivity index (χ0n) is 15.1. The zero-order chi connectivity index (χ0) is 18.9. The Bertz CT molecular complexity index is 898. The lowest BCUT2D eigenvalue weighted by atomic mass is 10.2. The van der Waals surface area contributed by atoms with Crippen LogP contribution in [0.5, 0.6) is 11.5 Å². The molecule has 27 heavy (non-hydrogen) atoms. The molecule has 0 fully saturated rings. The monoisotopic (exact) mass is 380 g/mol. The number of halogens is 1. The van der Waals surface area contributed by atoms with Crippen LogP contribution in [-0.4, -0.2) is 13.3 Å². The number of hydrogen-bond acceptors (Lipinski definition) is 4. The van der Waals surface area contributed by atoms with Crippen molar-refractivity contribution in [1.82, 2.24) is 5.43 Å². The Kier molecular flexibility index (Phi) is 6.72. The summed E-state index contributed by atoms with van der Waals surface area (Å²) in [6, 6.07) is 23.4. The summed E-state index contributed by atoms with van der Waals surface area (Å²) in [5.74, 6) is 1.36. The largest absolute Gasteiger partial charge is 0.493 e. The average Bonchev–Trinajstić information content (AvgIpc) is 2.72. The summed E-state index contributed by atoms with van der Waals surface area (Å²) < 4.78 is 11.3. The number of hydrazone groups is 1. The fourth-order valence-electron chi connectivity index (χ4n) is 2.51. The van der Waals surface area contributed by atoms with E-state index in [1.807, 2.05) is 72.8 Å². The minimum atomic E-state index is 0.490. The number of nitrogens with one attached hydrogen (secondary N) is 1. The van der Waals surface area contributed by atoms with Gasteiger partial charge in [-0.1, -0.05) is 60.1 Å². The molecule has 0 heterocycles. The van der Waals surface area contributed by atoms with E-state index in [1.165, 1.54) is 0 Å². The van der Waals surface area contributed by atoms with Crippen molar-refractivity contribution in [1.29, 1.82) is 0 Å². The molecular formula is C22H21ClN2O2. The Morgan fingerprint density at radius 1 is 0.963 bits per heavy atom. The minimum Gasteiger partial charge on any atom is -0.493 e. The Labute approximate surface area is 164 Å². The van der Waals surface area contributed by atoms with Gasteiger partial charge >= 0.3 is 0 Å². The molecule has 5 heteroatoms. The SMILES string of the molecule is COc1cc(/C=N\NCc2ccccc2Cl)ccc1OCc1ccccc1. The van der Waals surface area contributed by atoms with Gasteiger partial charge < -0.3 is 14.9 Å². The summed E-state index contributed by atoms with van der Waals surface area (Å²) in [4.78, 5) is 0. The molecule has 0 aliphatic rings. The van der Waals surface area contributed by atoms with Crippen molar-refractivity contribution in [3.63, 3.8) is 0 Å². The van der Waals surface area contributed by atoms with Gasteiger partial charge in [0.1, 0.15) is 6.61 Å². The lowest BCUT2D eigenvalue weighted by Gasteiger charge is -2.11. The number of benzene rings is 3. The van der Waals surface area contributed by atoms with Crippen molar-refractivity contribution in [3.8, 4) is 11.5 Å². The highest BCUT2D eigenvalue weighted by Crippen LogP contribution is 2.28. The van der Waals surface area contributed by atoms with Crippen molar-refractivity contribution in [2.45, 2.75) is 13.2 Å². The highest BCUT2D eigenvalue weighted by Gasteiger charge is 2.05. The molecule has 3 rings (SSSR count). The first kappa shape index (κ1) is 18.8. The summed E-state index contributed by atoms with van der Waals surface area (Å²) in [7, 11) is 1.63. The van der Waals surface area contributed by atoms with Gasteiger partial charge in [-0.3, -0.25) is 0 Å². The molecule has 3 aromatic rings. The molecule has 3 aromatic carbocycles. The van der Waals surface area contributed by atoms with Gasteiger partial charge in [0.15, 0.2) is 11.5 Å². The van der Waals surface area contributed by atoms with Crippen LogP contribution in [0.3, 0.4) is 0 Å². The van der Waals surface area contributed by atoms with Gasteiger partial charge in [-0.25, -0.2) is 0 Å². The smallest absolute Gasteiger partial charge is 0.161 e. The van der Waals surface area contributed by atoms with E-state index in [0.717, 1.165) is 21.7 Å². The van der Waals surface area contributed by atoms with E-state index in [4.69, 9.17) is 21.1 Å². The molecule has 138 valence electrons. The molecule has 0 aliphatic carbocycles.